The average molecular weight is 381 g/mol. The van der Waals surface area contributed by atoms with Crippen molar-refractivity contribution in [2.45, 2.75) is 38.0 Å². The molecule has 0 radical (unpaired) electrons. The predicted molar refractivity (Wildman–Crippen MR) is 115 cm³/mol. The van der Waals surface area contributed by atoms with E-state index in [1.807, 2.05) is 60.4 Å². The minimum atomic E-state index is -0.148. The van der Waals surface area contributed by atoms with Crippen LogP contribution in [-0.2, 0) is 0 Å². The summed E-state index contributed by atoms with van der Waals surface area (Å²) in [4.78, 5) is 7.08. The molecule has 2 atom stereocenters. The lowest BCUT2D eigenvalue weighted by atomic mass is 10.1. The summed E-state index contributed by atoms with van der Waals surface area (Å²) in [6.07, 6.45) is 8.29. The van der Waals surface area contributed by atoms with Gasteiger partial charge in [0.1, 0.15) is 6.17 Å². The van der Waals surface area contributed by atoms with Crippen LogP contribution < -0.4 is 21.2 Å². The van der Waals surface area contributed by atoms with Crippen molar-refractivity contribution >= 4 is 11.9 Å². The number of fused-ring (bicyclic) bond motifs is 1. The normalized spacial score (nSPS) is 18.7. The molecule has 0 bridgehead atoms. The fourth-order valence-electron chi connectivity index (χ4n) is 3.61. The fraction of sp³-hybridized carbons (Fsp3) is 0.250. The largest absolute Gasteiger partial charge is 0.325 e. The quantitative estimate of drug-likeness (QED) is 0.708. The van der Waals surface area contributed by atoms with Gasteiger partial charge in [-0.2, -0.15) is 5.10 Å². The SMILES string of the molecule is CC(N)[C@@H]1N=c2cccc(C#Cc3cnn(C4CC4)c3)c2=CN1c1ccccc1. The van der Waals surface area contributed by atoms with Crippen molar-refractivity contribution in [2.24, 2.45) is 10.7 Å². The van der Waals surface area contributed by atoms with Crippen molar-refractivity contribution in [3.05, 3.63) is 82.6 Å². The number of nitrogens with zero attached hydrogens (tertiary/aromatic N) is 4. The van der Waals surface area contributed by atoms with E-state index in [2.05, 4.69) is 40.2 Å². The highest BCUT2D eigenvalue weighted by Crippen LogP contribution is 2.33. The van der Waals surface area contributed by atoms with Crippen molar-refractivity contribution in [3.63, 3.8) is 0 Å². The Bertz CT molecular complexity index is 1210. The topological polar surface area (TPSA) is 59.4 Å². The second-order valence-corrected chi connectivity index (χ2v) is 7.70. The van der Waals surface area contributed by atoms with Crippen LogP contribution in [0.1, 0.15) is 36.9 Å². The Morgan fingerprint density at radius 3 is 2.66 bits per heavy atom. The summed E-state index contributed by atoms with van der Waals surface area (Å²) in [7, 11) is 0. The van der Waals surface area contributed by atoms with E-state index in [0.29, 0.717) is 6.04 Å². The number of hydrogen-bond acceptors (Lipinski definition) is 4. The minimum Gasteiger partial charge on any atom is -0.325 e. The Hall–Kier alpha value is -3.36. The van der Waals surface area contributed by atoms with Gasteiger partial charge in [-0.05, 0) is 44.0 Å². The first-order valence-electron chi connectivity index (χ1n) is 10.0. The molecule has 2 N–H and O–H groups in total. The number of benzene rings is 2. The van der Waals surface area contributed by atoms with Crippen LogP contribution in [0.3, 0.4) is 0 Å². The van der Waals surface area contributed by atoms with Crippen LogP contribution in [0.25, 0.3) is 6.20 Å². The number of aromatic nitrogens is 2. The summed E-state index contributed by atoms with van der Waals surface area (Å²) in [5.74, 6) is 6.59. The van der Waals surface area contributed by atoms with Crippen LogP contribution in [0, 0.1) is 11.8 Å². The van der Waals surface area contributed by atoms with Gasteiger partial charge in [-0.3, -0.25) is 9.67 Å². The Morgan fingerprint density at radius 1 is 1.07 bits per heavy atom. The minimum absolute atomic E-state index is 0.109. The van der Waals surface area contributed by atoms with E-state index in [-0.39, 0.29) is 12.2 Å². The number of para-hydroxylation sites is 1. The lowest BCUT2D eigenvalue weighted by Gasteiger charge is -2.32. The van der Waals surface area contributed by atoms with Crippen LogP contribution in [0.4, 0.5) is 5.69 Å². The Kier molecular flexibility index (Phi) is 4.42. The maximum absolute atomic E-state index is 6.26. The maximum atomic E-state index is 6.26. The fourth-order valence-corrected chi connectivity index (χ4v) is 3.61. The highest BCUT2D eigenvalue weighted by Gasteiger charge is 2.24. The van der Waals surface area contributed by atoms with Gasteiger partial charge in [0.25, 0.3) is 0 Å². The van der Waals surface area contributed by atoms with E-state index in [1.165, 1.54) is 12.8 Å². The van der Waals surface area contributed by atoms with Crippen LogP contribution in [0.5, 0.6) is 0 Å². The molecule has 2 heterocycles. The second kappa shape index (κ2) is 7.23. The molecular formula is C24H23N5. The van der Waals surface area contributed by atoms with Crippen LogP contribution in [0.2, 0.25) is 0 Å². The summed E-state index contributed by atoms with van der Waals surface area (Å²) in [6, 6.07) is 16.8. The molecule has 5 rings (SSSR count). The summed E-state index contributed by atoms with van der Waals surface area (Å²) < 4.78 is 2.02. The molecule has 3 aromatic rings. The van der Waals surface area contributed by atoms with Gasteiger partial charge >= 0.3 is 0 Å². The first-order valence-corrected chi connectivity index (χ1v) is 10.0. The number of rotatable bonds is 3. The third-order valence-corrected chi connectivity index (χ3v) is 5.30. The zero-order valence-electron chi connectivity index (χ0n) is 16.4. The number of nitrogens with two attached hydrogens (primary N) is 1. The molecule has 1 fully saturated rings. The van der Waals surface area contributed by atoms with Gasteiger partial charge in [0.05, 0.1) is 23.2 Å². The van der Waals surface area contributed by atoms with Gasteiger partial charge in [-0.25, -0.2) is 0 Å². The third kappa shape index (κ3) is 3.55. The number of anilines is 1. The molecule has 1 aliphatic heterocycles. The molecule has 5 heteroatoms. The van der Waals surface area contributed by atoms with Crippen molar-refractivity contribution in [1.82, 2.24) is 9.78 Å². The van der Waals surface area contributed by atoms with Crippen molar-refractivity contribution in [1.29, 1.82) is 0 Å². The van der Waals surface area contributed by atoms with Gasteiger partial charge in [-0.1, -0.05) is 36.1 Å². The van der Waals surface area contributed by atoms with E-state index in [1.54, 1.807) is 0 Å². The first-order chi connectivity index (χ1) is 14.2. The lowest BCUT2D eigenvalue weighted by Crippen LogP contribution is -2.50. The molecule has 1 saturated carbocycles. The second-order valence-electron chi connectivity index (χ2n) is 7.70. The molecule has 0 saturated heterocycles. The standard InChI is InChI=1S/C24H23N5/c1-17(25)24-27-23-9-5-6-19(11-10-18-14-26-29(15-18)21-12-13-21)22(23)16-28(24)20-7-3-2-4-8-20/h2-9,14-17,21,24H,12-13,25H2,1H3/t17?,24-/m1/s1. The van der Waals surface area contributed by atoms with E-state index < -0.39 is 0 Å². The predicted octanol–water partition coefficient (Wildman–Crippen LogP) is 2.17. The summed E-state index contributed by atoms with van der Waals surface area (Å²) >= 11 is 0. The monoisotopic (exact) mass is 381 g/mol. The average Bonchev–Trinajstić information content (AvgIpc) is 3.50. The highest BCUT2D eigenvalue weighted by molar-refractivity contribution is 5.62. The molecular weight excluding hydrogens is 358 g/mol. The van der Waals surface area contributed by atoms with Crippen LogP contribution >= 0.6 is 0 Å². The Morgan fingerprint density at radius 2 is 1.90 bits per heavy atom. The molecule has 2 aliphatic rings. The summed E-state index contributed by atoms with van der Waals surface area (Å²) in [5, 5.41) is 6.38. The van der Waals surface area contributed by atoms with Gasteiger partial charge in [0, 0.05) is 34.9 Å². The summed E-state index contributed by atoms with van der Waals surface area (Å²) in [5.41, 5.74) is 9.22. The molecule has 144 valence electrons. The highest BCUT2D eigenvalue weighted by atomic mass is 15.3. The van der Waals surface area contributed by atoms with E-state index in [9.17, 15) is 0 Å². The summed E-state index contributed by atoms with van der Waals surface area (Å²) in [6.45, 7) is 1.99. The first kappa shape index (κ1) is 17.7. The molecule has 1 aromatic heterocycles. The third-order valence-electron chi connectivity index (χ3n) is 5.30. The van der Waals surface area contributed by atoms with Crippen molar-refractivity contribution in [2.75, 3.05) is 4.90 Å². The molecule has 1 unspecified atom stereocenters. The van der Waals surface area contributed by atoms with Crippen molar-refractivity contribution in [3.8, 4) is 11.8 Å². The molecule has 2 aromatic carbocycles. The molecule has 1 aliphatic carbocycles. The van der Waals surface area contributed by atoms with Crippen molar-refractivity contribution < 1.29 is 0 Å². The molecule has 5 nitrogen and oxygen atoms in total. The van der Waals surface area contributed by atoms with Gasteiger partial charge < -0.3 is 10.6 Å². The van der Waals surface area contributed by atoms with Gasteiger partial charge in [0.15, 0.2) is 0 Å². The Balaban J connectivity index is 1.58. The number of hydrogen-bond donors (Lipinski definition) is 1. The zero-order chi connectivity index (χ0) is 19.8. The van der Waals surface area contributed by atoms with E-state index in [0.717, 1.165) is 27.4 Å². The molecule has 0 amide bonds. The Labute approximate surface area is 170 Å². The van der Waals surface area contributed by atoms with Crippen LogP contribution in [0.15, 0.2) is 65.9 Å². The smallest absolute Gasteiger partial charge is 0.140 e. The van der Waals surface area contributed by atoms with Crippen LogP contribution in [-0.4, -0.2) is 22.0 Å². The van der Waals surface area contributed by atoms with E-state index >= 15 is 0 Å². The molecule has 0 spiro atoms. The van der Waals surface area contributed by atoms with Gasteiger partial charge in [0.2, 0.25) is 0 Å². The zero-order valence-corrected chi connectivity index (χ0v) is 16.4. The lowest BCUT2D eigenvalue weighted by molar-refractivity contribution is 0.557. The molecule has 29 heavy (non-hydrogen) atoms. The van der Waals surface area contributed by atoms with E-state index in [4.69, 9.17) is 10.7 Å². The maximum Gasteiger partial charge on any atom is 0.140 e. The van der Waals surface area contributed by atoms with Gasteiger partial charge in [-0.15, -0.1) is 0 Å².